The molecule has 5 heteroatoms. The number of aliphatic hydroxyl groups excluding tert-OH is 1. The average molecular weight is 340 g/mol. The number of benzene rings is 1. The van der Waals surface area contributed by atoms with Gasteiger partial charge in [0.25, 0.3) is 0 Å². The van der Waals surface area contributed by atoms with E-state index in [1.165, 1.54) is 0 Å². The first-order chi connectivity index (χ1) is 9.65. The predicted molar refractivity (Wildman–Crippen MR) is 80.8 cm³/mol. The van der Waals surface area contributed by atoms with Crippen molar-refractivity contribution >= 4 is 15.9 Å². The van der Waals surface area contributed by atoms with E-state index in [1.807, 2.05) is 37.3 Å². The molecule has 1 aromatic heterocycles. The van der Waals surface area contributed by atoms with E-state index < -0.39 is 0 Å². The topological polar surface area (TPSA) is 54.6 Å². The van der Waals surface area contributed by atoms with Gasteiger partial charge in [-0.25, -0.2) is 0 Å². The first kappa shape index (κ1) is 15.1. The fourth-order valence-electron chi connectivity index (χ4n) is 2.10. The summed E-state index contributed by atoms with van der Waals surface area (Å²) < 4.78 is 11.6. The highest BCUT2D eigenvalue weighted by Crippen LogP contribution is 2.27. The lowest BCUT2D eigenvalue weighted by atomic mass is 10.1. The molecule has 0 saturated heterocycles. The second kappa shape index (κ2) is 6.92. The highest BCUT2D eigenvalue weighted by molar-refractivity contribution is 9.10. The van der Waals surface area contributed by atoms with Gasteiger partial charge in [0, 0.05) is 0 Å². The first-order valence-electron chi connectivity index (χ1n) is 6.39. The van der Waals surface area contributed by atoms with Gasteiger partial charge in [-0.15, -0.1) is 0 Å². The molecule has 1 heterocycles. The van der Waals surface area contributed by atoms with Crippen molar-refractivity contribution in [1.82, 2.24) is 5.32 Å². The number of hydrogen-bond donors (Lipinski definition) is 2. The van der Waals surface area contributed by atoms with Crippen LogP contribution in [0, 0.1) is 0 Å². The maximum absolute atomic E-state index is 9.61. The van der Waals surface area contributed by atoms with E-state index >= 15 is 0 Å². The number of nitrogens with one attached hydrogen (secondary N) is 1. The third-order valence-corrected chi connectivity index (χ3v) is 3.82. The summed E-state index contributed by atoms with van der Waals surface area (Å²) in [7, 11) is 1.63. The zero-order valence-corrected chi connectivity index (χ0v) is 13.1. The summed E-state index contributed by atoms with van der Waals surface area (Å²) in [5, 5.41) is 13.0. The second-order valence-electron chi connectivity index (χ2n) is 4.53. The molecule has 0 aliphatic rings. The normalized spacial score (nSPS) is 14.0. The molecule has 0 amide bonds. The highest BCUT2D eigenvalue weighted by atomic mass is 79.9. The zero-order valence-electron chi connectivity index (χ0n) is 11.5. The molecule has 2 N–H and O–H groups in total. The fraction of sp³-hybridized carbons (Fsp3) is 0.333. The Morgan fingerprint density at radius 1 is 1.40 bits per heavy atom. The number of hydrogen-bond acceptors (Lipinski definition) is 4. The van der Waals surface area contributed by atoms with Gasteiger partial charge in [0.05, 0.1) is 36.5 Å². The summed E-state index contributed by atoms with van der Waals surface area (Å²) in [4.78, 5) is 0. The molecular weight excluding hydrogens is 322 g/mol. The summed E-state index contributed by atoms with van der Waals surface area (Å²) in [5.41, 5.74) is 0.973. The van der Waals surface area contributed by atoms with Crippen molar-refractivity contribution in [2.45, 2.75) is 19.0 Å². The molecule has 2 aromatic rings. The number of halogens is 1. The molecule has 0 aliphatic carbocycles. The quantitative estimate of drug-likeness (QED) is 0.846. The fourth-order valence-corrected chi connectivity index (χ4v) is 2.65. The van der Waals surface area contributed by atoms with E-state index in [2.05, 4.69) is 21.2 Å². The number of aliphatic hydroxyl groups is 1. The number of furan rings is 1. The lowest BCUT2D eigenvalue weighted by Crippen LogP contribution is -2.27. The Labute approximate surface area is 126 Å². The van der Waals surface area contributed by atoms with Crippen LogP contribution in [-0.4, -0.2) is 18.8 Å². The smallest absolute Gasteiger partial charge is 0.134 e. The molecular formula is C15H18BrNO3. The Kier molecular flexibility index (Phi) is 5.23. The molecule has 20 heavy (non-hydrogen) atoms. The zero-order chi connectivity index (χ0) is 14.5. The molecule has 2 unspecified atom stereocenters. The van der Waals surface area contributed by atoms with E-state index in [1.54, 1.807) is 13.4 Å². The van der Waals surface area contributed by atoms with Crippen LogP contribution in [0.3, 0.4) is 0 Å². The molecule has 0 bridgehead atoms. The van der Waals surface area contributed by atoms with Gasteiger partial charge in [-0.05, 0) is 46.6 Å². The van der Waals surface area contributed by atoms with Crippen LogP contribution in [0.15, 0.2) is 45.5 Å². The predicted octanol–water partition coefficient (Wildman–Crippen LogP) is 3.43. The minimum Gasteiger partial charge on any atom is -0.497 e. The minimum atomic E-state index is -0.183. The molecule has 0 spiro atoms. The Hall–Kier alpha value is -1.30. The van der Waals surface area contributed by atoms with E-state index in [0.29, 0.717) is 0 Å². The summed E-state index contributed by atoms with van der Waals surface area (Å²) in [6, 6.07) is 9.31. The van der Waals surface area contributed by atoms with Crippen LogP contribution in [0.2, 0.25) is 0 Å². The van der Waals surface area contributed by atoms with Crippen LogP contribution < -0.4 is 10.1 Å². The monoisotopic (exact) mass is 339 g/mol. The molecule has 0 aliphatic heterocycles. The number of methoxy groups -OCH3 is 1. The van der Waals surface area contributed by atoms with Gasteiger partial charge in [-0.1, -0.05) is 12.1 Å². The van der Waals surface area contributed by atoms with Gasteiger partial charge in [-0.2, -0.15) is 0 Å². The highest BCUT2D eigenvalue weighted by Gasteiger charge is 2.18. The van der Waals surface area contributed by atoms with Crippen molar-refractivity contribution in [2.24, 2.45) is 0 Å². The Morgan fingerprint density at radius 3 is 2.80 bits per heavy atom. The van der Waals surface area contributed by atoms with Crippen molar-refractivity contribution in [2.75, 3.05) is 13.7 Å². The SMILES string of the molecule is COc1cccc(C(CO)NC(C)c2occc2Br)c1. The van der Waals surface area contributed by atoms with Gasteiger partial charge in [-0.3, -0.25) is 5.32 Å². The molecule has 0 radical (unpaired) electrons. The third kappa shape index (κ3) is 3.42. The molecule has 108 valence electrons. The largest absolute Gasteiger partial charge is 0.497 e. The minimum absolute atomic E-state index is 0.00413. The van der Waals surface area contributed by atoms with E-state index in [4.69, 9.17) is 9.15 Å². The van der Waals surface area contributed by atoms with Crippen LogP contribution in [0.1, 0.15) is 30.3 Å². The van der Waals surface area contributed by atoms with Gasteiger partial charge in [0.2, 0.25) is 0 Å². The molecule has 4 nitrogen and oxygen atoms in total. The molecule has 1 aromatic carbocycles. The summed E-state index contributed by atoms with van der Waals surface area (Å²) in [6.45, 7) is 1.99. The molecule has 2 rings (SSSR count). The molecule has 2 atom stereocenters. The van der Waals surface area contributed by atoms with Crippen LogP contribution in [0.4, 0.5) is 0 Å². The van der Waals surface area contributed by atoms with Crippen molar-refractivity contribution in [3.8, 4) is 5.75 Å². The van der Waals surface area contributed by atoms with Crippen molar-refractivity contribution < 1.29 is 14.3 Å². The van der Waals surface area contributed by atoms with Crippen molar-refractivity contribution in [3.05, 3.63) is 52.4 Å². The van der Waals surface area contributed by atoms with Gasteiger partial charge in [0.15, 0.2) is 0 Å². The molecule has 0 fully saturated rings. The Bertz CT molecular complexity index is 556. The van der Waals surface area contributed by atoms with Gasteiger partial charge >= 0.3 is 0 Å². The van der Waals surface area contributed by atoms with Crippen LogP contribution >= 0.6 is 15.9 Å². The standard InChI is InChI=1S/C15H18BrNO3/c1-10(15-13(16)6-7-20-15)17-14(9-18)11-4-3-5-12(8-11)19-2/h3-8,10,14,17-18H,9H2,1-2H3. The van der Waals surface area contributed by atoms with Gasteiger partial charge in [0.1, 0.15) is 11.5 Å². The lowest BCUT2D eigenvalue weighted by Gasteiger charge is -2.21. The second-order valence-corrected chi connectivity index (χ2v) is 5.39. The summed E-state index contributed by atoms with van der Waals surface area (Å²) in [5.74, 6) is 1.58. The van der Waals surface area contributed by atoms with Gasteiger partial charge < -0.3 is 14.3 Å². The molecule has 0 saturated carbocycles. The summed E-state index contributed by atoms with van der Waals surface area (Å²) in [6.07, 6.45) is 1.64. The third-order valence-electron chi connectivity index (χ3n) is 3.17. The van der Waals surface area contributed by atoms with Crippen LogP contribution in [0.25, 0.3) is 0 Å². The van der Waals surface area contributed by atoms with Crippen molar-refractivity contribution in [3.63, 3.8) is 0 Å². The van der Waals surface area contributed by atoms with E-state index in [0.717, 1.165) is 21.5 Å². The lowest BCUT2D eigenvalue weighted by molar-refractivity contribution is 0.230. The first-order valence-corrected chi connectivity index (χ1v) is 7.18. The van der Waals surface area contributed by atoms with Crippen LogP contribution in [-0.2, 0) is 0 Å². The van der Waals surface area contributed by atoms with Crippen LogP contribution in [0.5, 0.6) is 5.75 Å². The summed E-state index contributed by atoms with van der Waals surface area (Å²) >= 11 is 3.44. The number of ether oxygens (including phenoxy) is 1. The van der Waals surface area contributed by atoms with E-state index in [9.17, 15) is 5.11 Å². The average Bonchev–Trinajstić information content (AvgIpc) is 2.90. The van der Waals surface area contributed by atoms with Crippen molar-refractivity contribution in [1.29, 1.82) is 0 Å². The van der Waals surface area contributed by atoms with E-state index in [-0.39, 0.29) is 18.7 Å². The number of rotatable bonds is 6. The Morgan fingerprint density at radius 2 is 2.20 bits per heavy atom. The maximum Gasteiger partial charge on any atom is 0.134 e. The Balaban J connectivity index is 2.14. The maximum atomic E-state index is 9.61.